The largest absolute Gasteiger partial charge is 0.480 e. The van der Waals surface area contributed by atoms with Crippen molar-refractivity contribution in [3.8, 4) is 0 Å². The van der Waals surface area contributed by atoms with Crippen LogP contribution in [0, 0.1) is 0 Å². The lowest BCUT2D eigenvalue weighted by Gasteiger charge is -2.49. The molecule has 3 atom stereocenters. The molecule has 0 radical (unpaired) electrons. The first-order valence-electron chi connectivity index (χ1n) is 13.1. The van der Waals surface area contributed by atoms with Gasteiger partial charge in [-0.25, -0.2) is 9.59 Å². The smallest absolute Gasteiger partial charge is 0.328 e. The van der Waals surface area contributed by atoms with E-state index in [9.17, 15) is 19.5 Å². The number of amides is 3. The van der Waals surface area contributed by atoms with E-state index in [0.717, 1.165) is 43.2 Å². The van der Waals surface area contributed by atoms with Crippen LogP contribution in [-0.4, -0.2) is 69.4 Å². The Bertz CT molecular complexity index is 1100. The number of fused-ring (bicyclic) bond motifs is 2. The summed E-state index contributed by atoms with van der Waals surface area (Å²) in [6, 6.07) is 17.7. The fourth-order valence-electron chi connectivity index (χ4n) is 6.69. The molecule has 5 rings (SSSR count). The molecule has 7 nitrogen and oxygen atoms in total. The van der Waals surface area contributed by atoms with E-state index in [1.165, 1.54) is 0 Å². The van der Waals surface area contributed by atoms with Crippen LogP contribution in [-0.2, 0) is 21.5 Å². The van der Waals surface area contributed by atoms with Gasteiger partial charge in [0.25, 0.3) is 0 Å². The molecule has 190 valence electrons. The van der Waals surface area contributed by atoms with Crippen molar-refractivity contribution in [3.63, 3.8) is 0 Å². The van der Waals surface area contributed by atoms with Gasteiger partial charge in [-0.15, -0.1) is 0 Å². The summed E-state index contributed by atoms with van der Waals surface area (Å²) in [7, 11) is 1.76. The van der Waals surface area contributed by atoms with E-state index in [1.54, 1.807) is 21.7 Å². The average molecular weight is 490 g/mol. The summed E-state index contributed by atoms with van der Waals surface area (Å²) in [5, 5.41) is 10.4. The molecular weight excluding hydrogens is 454 g/mol. The average Bonchev–Trinajstić information content (AvgIpc) is 3.21. The highest BCUT2D eigenvalue weighted by Gasteiger charge is 2.56. The van der Waals surface area contributed by atoms with Crippen LogP contribution in [0.5, 0.6) is 0 Å². The number of carbonyl (C=O) groups excluding carboxylic acids is 2. The van der Waals surface area contributed by atoms with Gasteiger partial charge in [-0.1, -0.05) is 79.9 Å². The zero-order valence-electron chi connectivity index (χ0n) is 20.9. The van der Waals surface area contributed by atoms with Crippen molar-refractivity contribution in [1.29, 1.82) is 0 Å². The van der Waals surface area contributed by atoms with Gasteiger partial charge in [0.1, 0.15) is 6.04 Å². The van der Waals surface area contributed by atoms with Crippen LogP contribution < -0.4 is 0 Å². The van der Waals surface area contributed by atoms with E-state index in [1.807, 2.05) is 60.7 Å². The summed E-state index contributed by atoms with van der Waals surface area (Å²) in [5.74, 6) is -1.11. The highest BCUT2D eigenvalue weighted by atomic mass is 16.4. The summed E-state index contributed by atoms with van der Waals surface area (Å²) in [6.45, 7) is 0.721. The lowest BCUT2D eigenvalue weighted by atomic mass is 9.68. The van der Waals surface area contributed by atoms with Crippen molar-refractivity contribution in [3.05, 3.63) is 71.8 Å². The van der Waals surface area contributed by atoms with Crippen LogP contribution in [0.15, 0.2) is 60.7 Å². The minimum absolute atomic E-state index is 0.0811. The second kappa shape index (κ2) is 9.96. The van der Waals surface area contributed by atoms with E-state index in [-0.39, 0.29) is 24.5 Å². The molecule has 2 aliphatic heterocycles. The van der Waals surface area contributed by atoms with Crippen LogP contribution in [0.4, 0.5) is 4.79 Å². The zero-order chi connectivity index (χ0) is 25.3. The molecule has 2 aromatic rings. The second-order valence-electron chi connectivity index (χ2n) is 10.6. The molecule has 1 N–H and O–H groups in total. The van der Waals surface area contributed by atoms with Crippen LogP contribution >= 0.6 is 0 Å². The van der Waals surface area contributed by atoms with Gasteiger partial charge in [0, 0.05) is 20.1 Å². The number of nitrogens with zero attached hydrogens (tertiary/aromatic N) is 3. The summed E-state index contributed by atoms with van der Waals surface area (Å²) in [6.07, 6.45) is 5.76. The van der Waals surface area contributed by atoms with Crippen molar-refractivity contribution in [2.75, 3.05) is 13.6 Å². The minimum Gasteiger partial charge on any atom is -0.480 e. The van der Waals surface area contributed by atoms with Crippen LogP contribution in [0.2, 0.25) is 0 Å². The van der Waals surface area contributed by atoms with E-state index < -0.39 is 23.5 Å². The van der Waals surface area contributed by atoms with E-state index in [0.29, 0.717) is 19.4 Å². The lowest BCUT2D eigenvalue weighted by Crippen LogP contribution is -2.68. The number of benzene rings is 2. The third kappa shape index (κ3) is 4.25. The Hall–Kier alpha value is -3.35. The molecule has 0 aromatic heterocycles. The topological polar surface area (TPSA) is 81.2 Å². The maximum atomic E-state index is 14.3. The van der Waals surface area contributed by atoms with Gasteiger partial charge >= 0.3 is 12.0 Å². The molecule has 2 heterocycles. The highest BCUT2D eigenvalue weighted by molar-refractivity contribution is 5.93. The normalized spacial score (nSPS) is 24.9. The van der Waals surface area contributed by atoms with Gasteiger partial charge in [0.2, 0.25) is 5.91 Å². The third-order valence-corrected chi connectivity index (χ3v) is 8.42. The molecule has 0 unspecified atom stereocenters. The van der Waals surface area contributed by atoms with E-state index in [4.69, 9.17) is 0 Å². The number of carboxylic acids is 1. The van der Waals surface area contributed by atoms with Crippen LogP contribution in [0.3, 0.4) is 0 Å². The number of carbonyl (C=O) groups is 3. The van der Waals surface area contributed by atoms with E-state index in [2.05, 4.69) is 0 Å². The number of hydrogen-bond acceptors (Lipinski definition) is 3. The van der Waals surface area contributed by atoms with Crippen molar-refractivity contribution in [1.82, 2.24) is 14.7 Å². The standard InChI is InChI=1S/C29H35N3O4/c1-30(19-21-11-5-2-6-12-21)28(36)32-23-15-16-24(32)25(26(33)34)31(20-23)27(35)29(17-9-4-10-18-29)22-13-7-3-8-14-22/h2-3,5-8,11-14,23-25H,4,9-10,15-20H2,1H3,(H,33,34)/t23-,24+,25-/m0/s1. The summed E-state index contributed by atoms with van der Waals surface area (Å²) >= 11 is 0. The van der Waals surface area contributed by atoms with E-state index >= 15 is 0 Å². The quantitative estimate of drug-likeness (QED) is 0.680. The zero-order valence-corrected chi connectivity index (χ0v) is 20.9. The molecule has 3 fully saturated rings. The summed E-state index contributed by atoms with van der Waals surface area (Å²) < 4.78 is 0. The maximum absolute atomic E-state index is 14.3. The highest BCUT2D eigenvalue weighted by Crippen LogP contribution is 2.44. The molecular formula is C29H35N3O4. The molecule has 1 saturated carbocycles. The van der Waals surface area contributed by atoms with Gasteiger partial charge in [-0.3, -0.25) is 4.79 Å². The molecule has 3 amide bonds. The Morgan fingerprint density at radius 2 is 1.58 bits per heavy atom. The van der Waals surface area contributed by atoms with Gasteiger partial charge in [0.05, 0.1) is 17.5 Å². The Labute approximate surface area is 212 Å². The molecule has 36 heavy (non-hydrogen) atoms. The fourth-order valence-corrected chi connectivity index (χ4v) is 6.69. The Morgan fingerprint density at radius 3 is 2.22 bits per heavy atom. The number of carboxylic acid groups (broad SMARTS) is 1. The molecule has 0 spiro atoms. The molecule has 3 aliphatic rings. The Kier molecular flexibility index (Phi) is 6.73. The first-order chi connectivity index (χ1) is 17.4. The number of urea groups is 1. The third-order valence-electron chi connectivity index (χ3n) is 8.42. The van der Waals surface area contributed by atoms with Crippen molar-refractivity contribution < 1.29 is 19.5 Å². The summed E-state index contributed by atoms with van der Waals surface area (Å²) in [4.78, 5) is 45.5. The maximum Gasteiger partial charge on any atom is 0.328 e. The molecule has 7 heteroatoms. The van der Waals surface area contributed by atoms with Gasteiger partial charge in [-0.05, 0) is 36.8 Å². The molecule has 1 aliphatic carbocycles. The lowest BCUT2D eigenvalue weighted by molar-refractivity contribution is -0.160. The first-order valence-corrected chi connectivity index (χ1v) is 13.1. The Morgan fingerprint density at radius 1 is 0.944 bits per heavy atom. The SMILES string of the molecule is CN(Cc1ccccc1)C(=O)N1[C@H]2CC[C@@H]1[C@@H](C(=O)O)N(C(=O)C1(c3ccccc3)CCCCC1)C2. The number of rotatable bonds is 5. The summed E-state index contributed by atoms with van der Waals surface area (Å²) in [5.41, 5.74) is 1.31. The first kappa shape index (κ1) is 24.3. The predicted octanol–water partition coefficient (Wildman–Crippen LogP) is 4.27. The minimum atomic E-state index is -1.03. The Balaban J connectivity index is 1.42. The van der Waals surface area contributed by atoms with Crippen LogP contribution in [0.1, 0.15) is 56.1 Å². The van der Waals surface area contributed by atoms with Crippen molar-refractivity contribution in [2.45, 2.75) is 75.0 Å². The fraction of sp³-hybridized carbons (Fsp3) is 0.483. The molecule has 2 saturated heterocycles. The molecule has 2 aromatic carbocycles. The number of hydrogen-bond donors (Lipinski definition) is 1. The van der Waals surface area contributed by atoms with Crippen LogP contribution in [0.25, 0.3) is 0 Å². The van der Waals surface area contributed by atoms with Gasteiger partial charge < -0.3 is 19.8 Å². The number of aliphatic carboxylic acids is 1. The monoisotopic (exact) mass is 489 g/mol. The number of piperazine rings is 1. The van der Waals surface area contributed by atoms with Crippen molar-refractivity contribution >= 4 is 17.9 Å². The van der Waals surface area contributed by atoms with Gasteiger partial charge in [0.15, 0.2) is 0 Å². The van der Waals surface area contributed by atoms with Gasteiger partial charge in [-0.2, -0.15) is 0 Å². The number of likely N-dealkylation sites (tertiary alicyclic amines) is 1. The van der Waals surface area contributed by atoms with Crippen molar-refractivity contribution in [2.24, 2.45) is 0 Å². The molecule has 2 bridgehead atoms. The predicted molar refractivity (Wildman–Crippen MR) is 136 cm³/mol. The second-order valence-corrected chi connectivity index (χ2v) is 10.6.